The van der Waals surface area contributed by atoms with Crippen LogP contribution in [0.5, 0.6) is 0 Å². The highest BCUT2D eigenvalue weighted by atomic mass is 35.5. The Morgan fingerprint density at radius 3 is 2.33 bits per heavy atom. The van der Waals surface area contributed by atoms with E-state index >= 15 is 0 Å². The molecule has 1 atom stereocenters. The third kappa shape index (κ3) is 8.94. The summed E-state index contributed by atoms with van der Waals surface area (Å²) in [5.41, 5.74) is 0.937. The molecule has 0 saturated heterocycles. The Balaban J connectivity index is 2.17. The Morgan fingerprint density at radius 2 is 1.75 bits per heavy atom. The molecule has 0 aliphatic carbocycles. The lowest BCUT2D eigenvalue weighted by Gasteiger charge is -2.30. The number of sulfonamides is 1. The molecule has 198 valence electrons. The van der Waals surface area contributed by atoms with Gasteiger partial charge in [0, 0.05) is 36.1 Å². The number of anilines is 1. The summed E-state index contributed by atoms with van der Waals surface area (Å²) in [6.07, 6.45) is 2.97. The van der Waals surface area contributed by atoms with Crippen LogP contribution in [0.15, 0.2) is 42.5 Å². The summed E-state index contributed by atoms with van der Waals surface area (Å²) in [7, 11) is -3.66. The van der Waals surface area contributed by atoms with E-state index in [9.17, 15) is 22.4 Å². The number of halogens is 3. The van der Waals surface area contributed by atoms with Crippen LogP contribution in [0.25, 0.3) is 0 Å². The summed E-state index contributed by atoms with van der Waals surface area (Å²) in [5, 5.41) is 3.67. The smallest absolute Gasteiger partial charge is 0.242 e. The highest BCUT2D eigenvalue weighted by Crippen LogP contribution is 2.24. The minimum absolute atomic E-state index is 0.00893. The number of hydrogen-bond donors (Lipinski definition) is 1. The maximum atomic E-state index is 13.3. The fourth-order valence-electron chi connectivity index (χ4n) is 3.56. The number of benzene rings is 2. The van der Waals surface area contributed by atoms with Crippen LogP contribution in [0.1, 0.15) is 45.1 Å². The van der Waals surface area contributed by atoms with Crippen LogP contribution in [-0.4, -0.2) is 50.5 Å². The number of nitrogens with one attached hydrogen (secondary N) is 1. The molecule has 0 aromatic heterocycles. The molecule has 0 unspecified atom stereocenters. The van der Waals surface area contributed by atoms with Gasteiger partial charge in [-0.1, -0.05) is 42.6 Å². The monoisotopic (exact) mass is 559 g/mol. The number of amides is 2. The Bertz CT molecular complexity index is 1150. The topological polar surface area (TPSA) is 86.8 Å². The minimum Gasteiger partial charge on any atom is -0.354 e. The molecule has 2 amide bonds. The number of rotatable bonds is 13. The molecule has 2 rings (SSSR count). The third-order valence-corrected chi connectivity index (χ3v) is 7.40. The molecule has 0 fully saturated rings. The zero-order chi connectivity index (χ0) is 26.9. The second-order valence-corrected chi connectivity index (χ2v) is 11.2. The molecule has 0 heterocycles. The maximum Gasteiger partial charge on any atom is 0.242 e. The van der Waals surface area contributed by atoms with Gasteiger partial charge in [0.25, 0.3) is 0 Å². The van der Waals surface area contributed by atoms with Gasteiger partial charge in [-0.05, 0) is 61.7 Å². The fourth-order valence-corrected chi connectivity index (χ4v) is 5.00. The Labute approximate surface area is 222 Å². The molecule has 1 N–H and O–H groups in total. The second kappa shape index (κ2) is 13.8. The predicted octanol–water partition coefficient (Wildman–Crippen LogP) is 5.01. The van der Waals surface area contributed by atoms with E-state index in [4.69, 9.17) is 23.2 Å². The van der Waals surface area contributed by atoms with Gasteiger partial charge < -0.3 is 10.2 Å². The number of carbonyl (C=O) groups excluding carboxylic acids is 2. The number of hydrogen-bond acceptors (Lipinski definition) is 4. The largest absolute Gasteiger partial charge is 0.354 e. The summed E-state index contributed by atoms with van der Waals surface area (Å²) >= 11 is 12.3. The van der Waals surface area contributed by atoms with Gasteiger partial charge in [-0.25, -0.2) is 12.8 Å². The lowest BCUT2D eigenvalue weighted by molar-refractivity contribution is -0.140. The number of carbonyl (C=O) groups is 2. The first-order valence-electron chi connectivity index (χ1n) is 11.7. The van der Waals surface area contributed by atoms with Crippen molar-refractivity contribution in [2.45, 2.75) is 52.1 Å². The van der Waals surface area contributed by atoms with Gasteiger partial charge in [0.2, 0.25) is 21.8 Å². The minimum atomic E-state index is -3.66. The highest BCUT2D eigenvalue weighted by Gasteiger charge is 2.27. The van der Waals surface area contributed by atoms with E-state index in [1.807, 2.05) is 6.92 Å². The highest BCUT2D eigenvalue weighted by molar-refractivity contribution is 7.92. The average Bonchev–Trinajstić information content (AvgIpc) is 2.81. The van der Waals surface area contributed by atoms with E-state index in [-0.39, 0.29) is 37.7 Å². The van der Waals surface area contributed by atoms with Crippen molar-refractivity contribution in [3.8, 4) is 0 Å². The van der Waals surface area contributed by atoms with Gasteiger partial charge in [0.15, 0.2) is 0 Å². The van der Waals surface area contributed by atoms with Crippen molar-refractivity contribution in [1.82, 2.24) is 10.2 Å². The van der Waals surface area contributed by atoms with Crippen molar-refractivity contribution in [1.29, 1.82) is 0 Å². The SMILES string of the molecule is CCCCNC(=O)[C@@H](C)N(Cc1ccc(Cl)cc1Cl)C(=O)CCCN(c1ccc(F)cc1)S(C)(=O)=O. The van der Waals surface area contributed by atoms with Crippen molar-refractivity contribution < 1.29 is 22.4 Å². The third-order valence-electron chi connectivity index (χ3n) is 5.62. The zero-order valence-electron chi connectivity index (χ0n) is 20.6. The van der Waals surface area contributed by atoms with E-state index in [0.717, 1.165) is 23.4 Å². The number of unbranched alkanes of at least 4 members (excludes halogenated alkanes) is 1. The number of nitrogens with zero attached hydrogens (tertiary/aromatic N) is 2. The Morgan fingerprint density at radius 1 is 1.08 bits per heavy atom. The van der Waals surface area contributed by atoms with E-state index in [1.54, 1.807) is 25.1 Å². The summed E-state index contributed by atoms with van der Waals surface area (Å²) in [4.78, 5) is 27.4. The second-order valence-electron chi connectivity index (χ2n) is 8.49. The van der Waals surface area contributed by atoms with Crippen LogP contribution in [-0.2, 0) is 26.2 Å². The van der Waals surface area contributed by atoms with E-state index in [0.29, 0.717) is 27.8 Å². The van der Waals surface area contributed by atoms with E-state index in [2.05, 4.69) is 5.32 Å². The standard InChI is InChI=1S/C25H32Cl2FN3O4S/c1-4-5-14-29-25(33)18(2)30(17-19-8-9-20(26)16-23(19)27)24(32)7-6-15-31(36(3,34)35)22-12-10-21(28)11-13-22/h8-13,16,18H,4-7,14-15,17H2,1-3H3,(H,29,33)/t18-/m1/s1. The van der Waals surface area contributed by atoms with Crippen molar-refractivity contribution >= 4 is 50.7 Å². The molecule has 0 aliphatic rings. The molecule has 0 spiro atoms. The molecule has 2 aromatic rings. The predicted molar refractivity (Wildman–Crippen MR) is 142 cm³/mol. The van der Waals surface area contributed by atoms with E-state index < -0.39 is 21.9 Å². The molecule has 36 heavy (non-hydrogen) atoms. The van der Waals surface area contributed by atoms with Crippen molar-refractivity contribution in [2.75, 3.05) is 23.7 Å². The molecule has 7 nitrogen and oxygen atoms in total. The Hall–Kier alpha value is -2.36. The van der Waals surface area contributed by atoms with Gasteiger partial charge in [0.05, 0.1) is 11.9 Å². The quantitative estimate of drug-likeness (QED) is 0.349. The van der Waals surface area contributed by atoms with Gasteiger partial charge >= 0.3 is 0 Å². The molecule has 0 saturated carbocycles. The molecule has 0 aliphatic heterocycles. The molecular weight excluding hydrogens is 528 g/mol. The molecular formula is C25H32Cl2FN3O4S. The van der Waals surface area contributed by atoms with Gasteiger partial charge in [-0.3, -0.25) is 13.9 Å². The molecule has 0 bridgehead atoms. The normalized spacial score (nSPS) is 12.2. The van der Waals surface area contributed by atoms with Crippen LogP contribution >= 0.6 is 23.2 Å². The fraction of sp³-hybridized carbons (Fsp3) is 0.440. The average molecular weight is 561 g/mol. The van der Waals surface area contributed by atoms with Crippen LogP contribution in [0.4, 0.5) is 10.1 Å². The molecule has 2 aromatic carbocycles. The lowest BCUT2D eigenvalue weighted by atomic mass is 10.1. The van der Waals surface area contributed by atoms with Crippen molar-refractivity contribution in [3.63, 3.8) is 0 Å². The maximum absolute atomic E-state index is 13.3. The molecule has 11 heteroatoms. The van der Waals surface area contributed by atoms with Gasteiger partial charge in [0.1, 0.15) is 11.9 Å². The first kappa shape index (κ1) is 29.9. The van der Waals surface area contributed by atoms with Crippen molar-refractivity contribution in [2.24, 2.45) is 0 Å². The van der Waals surface area contributed by atoms with Crippen molar-refractivity contribution in [3.05, 3.63) is 63.9 Å². The van der Waals surface area contributed by atoms with Gasteiger partial charge in [-0.15, -0.1) is 0 Å². The van der Waals surface area contributed by atoms with Crippen LogP contribution in [0.2, 0.25) is 10.0 Å². The van der Waals surface area contributed by atoms with Crippen LogP contribution < -0.4 is 9.62 Å². The summed E-state index contributed by atoms with van der Waals surface area (Å²) in [6, 6.07) is 9.25. The summed E-state index contributed by atoms with van der Waals surface area (Å²) < 4.78 is 39.0. The summed E-state index contributed by atoms with van der Waals surface area (Å²) in [6.45, 7) is 4.27. The lowest BCUT2D eigenvalue weighted by Crippen LogP contribution is -2.48. The summed E-state index contributed by atoms with van der Waals surface area (Å²) in [5.74, 6) is -1.09. The van der Waals surface area contributed by atoms with Crippen LogP contribution in [0.3, 0.4) is 0 Å². The first-order chi connectivity index (χ1) is 16.9. The van der Waals surface area contributed by atoms with Gasteiger partial charge in [-0.2, -0.15) is 0 Å². The van der Waals surface area contributed by atoms with Crippen LogP contribution in [0, 0.1) is 5.82 Å². The van der Waals surface area contributed by atoms with E-state index in [1.165, 1.54) is 29.2 Å². The first-order valence-corrected chi connectivity index (χ1v) is 14.3. The Kier molecular flexibility index (Phi) is 11.5. The zero-order valence-corrected chi connectivity index (χ0v) is 23.0. The molecule has 0 radical (unpaired) electrons.